The van der Waals surface area contributed by atoms with E-state index in [-0.39, 0.29) is 17.5 Å². The van der Waals surface area contributed by atoms with E-state index >= 15 is 0 Å². The second kappa shape index (κ2) is 8.52. The molecule has 0 saturated carbocycles. The average molecular weight is 412 g/mol. The molecule has 2 aromatic carbocycles. The SMILES string of the molecule is CC(C)n1c(CN2CCC(C(=O)Nc3ccc(F)cc3F)CC2)nc2ccccc21. The number of para-hydroxylation sites is 2. The number of piperidine rings is 1. The van der Waals surface area contributed by atoms with E-state index in [1.165, 1.54) is 6.07 Å². The molecule has 1 aromatic heterocycles. The lowest BCUT2D eigenvalue weighted by atomic mass is 9.95. The molecule has 0 bridgehead atoms. The van der Waals surface area contributed by atoms with Crippen LogP contribution in [0, 0.1) is 17.6 Å². The first-order valence-corrected chi connectivity index (χ1v) is 10.4. The molecule has 1 amide bonds. The van der Waals surface area contributed by atoms with E-state index in [9.17, 15) is 13.6 Å². The second-order valence-electron chi connectivity index (χ2n) is 8.14. The number of likely N-dealkylation sites (tertiary alicyclic amines) is 1. The van der Waals surface area contributed by atoms with Gasteiger partial charge in [-0.15, -0.1) is 0 Å². The van der Waals surface area contributed by atoms with Crippen molar-refractivity contribution in [2.75, 3.05) is 18.4 Å². The number of amides is 1. The van der Waals surface area contributed by atoms with Crippen LogP contribution in [0.4, 0.5) is 14.5 Å². The molecule has 30 heavy (non-hydrogen) atoms. The zero-order valence-corrected chi connectivity index (χ0v) is 17.2. The van der Waals surface area contributed by atoms with Crippen molar-refractivity contribution in [2.24, 2.45) is 5.92 Å². The summed E-state index contributed by atoms with van der Waals surface area (Å²) in [4.78, 5) is 19.7. The Kier molecular flexibility index (Phi) is 5.81. The van der Waals surface area contributed by atoms with Crippen LogP contribution < -0.4 is 5.32 Å². The lowest BCUT2D eigenvalue weighted by Crippen LogP contribution is -2.38. The Labute approximate surface area is 174 Å². The van der Waals surface area contributed by atoms with E-state index in [0.29, 0.717) is 18.9 Å². The highest BCUT2D eigenvalue weighted by atomic mass is 19.1. The highest BCUT2D eigenvalue weighted by Crippen LogP contribution is 2.25. The summed E-state index contributed by atoms with van der Waals surface area (Å²) in [7, 11) is 0. The van der Waals surface area contributed by atoms with Gasteiger partial charge in [0.25, 0.3) is 0 Å². The predicted molar refractivity (Wildman–Crippen MR) is 113 cm³/mol. The first-order chi connectivity index (χ1) is 14.4. The fraction of sp³-hybridized carbons (Fsp3) is 0.391. The number of imidazole rings is 1. The third-order valence-corrected chi connectivity index (χ3v) is 5.70. The minimum absolute atomic E-state index is 0.0227. The first-order valence-electron chi connectivity index (χ1n) is 10.4. The standard InChI is InChI=1S/C23H26F2N4O/c1-15(2)29-21-6-4-3-5-20(21)26-22(29)14-28-11-9-16(10-12-28)23(30)27-19-8-7-17(24)13-18(19)25/h3-8,13,15-16H,9-12,14H2,1-2H3,(H,27,30). The van der Waals surface area contributed by atoms with Crippen LogP contribution in [0.3, 0.4) is 0 Å². The van der Waals surface area contributed by atoms with Crippen LogP contribution in [-0.2, 0) is 11.3 Å². The van der Waals surface area contributed by atoms with E-state index in [4.69, 9.17) is 4.98 Å². The maximum atomic E-state index is 13.8. The number of carbonyl (C=O) groups excluding carboxylic acids is 1. The van der Waals surface area contributed by atoms with E-state index < -0.39 is 11.6 Å². The molecule has 0 spiro atoms. The zero-order valence-electron chi connectivity index (χ0n) is 17.2. The quantitative estimate of drug-likeness (QED) is 0.658. The van der Waals surface area contributed by atoms with Crippen molar-refractivity contribution in [1.82, 2.24) is 14.5 Å². The number of fused-ring (bicyclic) bond motifs is 1. The molecule has 1 aliphatic heterocycles. The summed E-state index contributed by atoms with van der Waals surface area (Å²) in [5.41, 5.74) is 2.16. The Morgan fingerprint density at radius 3 is 2.60 bits per heavy atom. The number of aromatic nitrogens is 2. The van der Waals surface area contributed by atoms with Crippen LogP contribution in [0.25, 0.3) is 11.0 Å². The Balaban J connectivity index is 1.39. The van der Waals surface area contributed by atoms with Gasteiger partial charge in [-0.3, -0.25) is 9.69 Å². The summed E-state index contributed by atoms with van der Waals surface area (Å²) in [6.45, 7) is 6.58. The summed E-state index contributed by atoms with van der Waals surface area (Å²) in [5, 5.41) is 2.60. The monoisotopic (exact) mass is 412 g/mol. The van der Waals surface area contributed by atoms with Gasteiger partial charge in [0.15, 0.2) is 0 Å². The number of hydrogen-bond donors (Lipinski definition) is 1. The Morgan fingerprint density at radius 1 is 1.17 bits per heavy atom. The Morgan fingerprint density at radius 2 is 1.90 bits per heavy atom. The summed E-state index contributed by atoms with van der Waals surface area (Å²) in [6.07, 6.45) is 1.38. The third kappa shape index (κ3) is 4.21. The maximum Gasteiger partial charge on any atom is 0.227 e. The molecule has 0 atom stereocenters. The van der Waals surface area contributed by atoms with Gasteiger partial charge >= 0.3 is 0 Å². The van der Waals surface area contributed by atoms with Crippen molar-refractivity contribution >= 4 is 22.6 Å². The minimum atomic E-state index is -0.756. The van der Waals surface area contributed by atoms with Crippen molar-refractivity contribution < 1.29 is 13.6 Å². The third-order valence-electron chi connectivity index (χ3n) is 5.70. The van der Waals surface area contributed by atoms with Gasteiger partial charge in [-0.1, -0.05) is 12.1 Å². The largest absolute Gasteiger partial charge is 0.324 e. The van der Waals surface area contributed by atoms with Crippen molar-refractivity contribution in [3.8, 4) is 0 Å². The number of carbonyl (C=O) groups is 1. The van der Waals surface area contributed by atoms with Crippen LogP contribution in [0.15, 0.2) is 42.5 Å². The maximum absolute atomic E-state index is 13.8. The van der Waals surface area contributed by atoms with Gasteiger partial charge in [-0.2, -0.15) is 0 Å². The van der Waals surface area contributed by atoms with Crippen molar-refractivity contribution in [3.05, 3.63) is 59.9 Å². The smallest absolute Gasteiger partial charge is 0.227 e. The molecular formula is C23H26F2N4O. The van der Waals surface area contributed by atoms with Crippen molar-refractivity contribution in [2.45, 2.75) is 39.3 Å². The highest BCUT2D eigenvalue weighted by Gasteiger charge is 2.27. The van der Waals surface area contributed by atoms with Crippen LogP contribution in [0.5, 0.6) is 0 Å². The van der Waals surface area contributed by atoms with Gasteiger partial charge in [0, 0.05) is 18.0 Å². The first kappa shape index (κ1) is 20.5. The number of anilines is 1. The fourth-order valence-electron chi connectivity index (χ4n) is 4.16. The molecule has 1 aliphatic rings. The summed E-state index contributed by atoms with van der Waals surface area (Å²) in [6, 6.07) is 11.6. The molecule has 0 unspecified atom stereocenters. The highest BCUT2D eigenvalue weighted by molar-refractivity contribution is 5.92. The van der Waals surface area contributed by atoms with Gasteiger partial charge < -0.3 is 9.88 Å². The Bertz CT molecular complexity index is 1050. The number of benzene rings is 2. The normalized spacial score (nSPS) is 15.8. The second-order valence-corrected chi connectivity index (χ2v) is 8.14. The molecule has 1 N–H and O–H groups in total. The zero-order chi connectivity index (χ0) is 21.3. The van der Waals surface area contributed by atoms with Crippen molar-refractivity contribution in [3.63, 3.8) is 0 Å². The van der Waals surface area contributed by atoms with Crippen LogP contribution in [0.2, 0.25) is 0 Å². The lowest BCUT2D eigenvalue weighted by molar-refractivity contribution is -0.121. The molecule has 1 saturated heterocycles. The number of halogens is 2. The lowest BCUT2D eigenvalue weighted by Gasteiger charge is -2.31. The molecule has 5 nitrogen and oxygen atoms in total. The minimum Gasteiger partial charge on any atom is -0.324 e. The number of nitrogens with zero attached hydrogens (tertiary/aromatic N) is 3. The summed E-state index contributed by atoms with van der Waals surface area (Å²) < 4.78 is 29.1. The molecule has 158 valence electrons. The van der Waals surface area contributed by atoms with E-state index in [1.807, 2.05) is 18.2 Å². The van der Waals surface area contributed by atoms with E-state index in [2.05, 4.69) is 34.7 Å². The number of nitrogens with one attached hydrogen (secondary N) is 1. The number of rotatable bonds is 5. The molecule has 1 fully saturated rings. The van der Waals surface area contributed by atoms with Gasteiger partial charge in [-0.25, -0.2) is 13.8 Å². The van der Waals surface area contributed by atoms with E-state index in [0.717, 1.165) is 48.6 Å². The summed E-state index contributed by atoms with van der Waals surface area (Å²) in [5.74, 6) is -0.786. The number of hydrogen-bond acceptors (Lipinski definition) is 3. The molecule has 7 heteroatoms. The fourth-order valence-corrected chi connectivity index (χ4v) is 4.16. The molecule has 0 radical (unpaired) electrons. The molecule has 2 heterocycles. The van der Waals surface area contributed by atoms with Crippen LogP contribution >= 0.6 is 0 Å². The van der Waals surface area contributed by atoms with Crippen LogP contribution in [0.1, 0.15) is 38.6 Å². The van der Waals surface area contributed by atoms with Gasteiger partial charge in [0.2, 0.25) is 5.91 Å². The average Bonchev–Trinajstić information content (AvgIpc) is 3.08. The molecule has 0 aliphatic carbocycles. The van der Waals surface area contributed by atoms with E-state index in [1.54, 1.807) is 0 Å². The summed E-state index contributed by atoms with van der Waals surface area (Å²) >= 11 is 0. The predicted octanol–water partition coefficient (Wildman–Crippen LogP) is 4.75. The van der Waals surface area contributed by atoms with Crippen LogP contribution in [-0.4, -0.2) is 33.4 Å². The van der Waals surface area contributed by atoms with Gasteiger partial charge in [0.05, 0.1) is 23.3 Å². The van der Waals surface area contributed by atoms with Gasteiger partial charge in [-0.05, 0) is 64.0 Å². The van der Waals surface area contributed by atoms with Gasteiger partial charge in [0.1, 0.15) is 17.5 Å². The molecule has 3 aromatic rings. The Hall–Kier alpha value is -2.80. The topological polar surface area (TPSA) is 50.2 Å². The molecular weight excluding hydrogens is 386 g/mol. The van der Waals surface area contributed by atoms with Crippen molar-refractivity contribution in [1.29, 1.82) is 0 Å². The molecule has 4 rings (SSSR count).